The minimum absolute atomic E-state index is 0.0606. The minimum atomic E-state index is -0.703. The number of nitrogens with zero attached hydrogens (tertiary/aromatic N) is 6. The molecular weight excluding hydrogens is 887 g/mol. The summed E-state index contributed by atoms with van der Waals surface area (Å²) in [5.74, 6) is -0.239. The molecule has 2 aliphatic rings. The SMILES string of the molecule is COCC1Cc2c(Oc3ccc(C(=O)N(C)C)c(F)c3)cc(C(=O)Nc3ccn(C)n3)cc2O1.COCC1Cc2c(Oc3ccc(C(=O)N(C)C)c(F)c3)cc(C(=O)Nc3ccn(C)n3)cc2O1. The van der Waals surface area contributed by atoms with E-state index >= 15 is 0 Å². The first-order valence-corrected chi connectivity index (χ1v) is 21.1. The lowest BCUT2D eigenvalue weighted by molar-refractivity contribution is 0.0815. The fourth-order valence-corrected chi connectivity index (χ4v) is 7.29. The van der Waals surface area contributed by atoms with E-state index in [0.29, 0.717) is 60.7 Å². The number of carbonyl (C=O) groups excluding carboxylic acids is 4. The highest BCUT2D eigenvalue weighted by Crippen LogP contribution is 2.42. The highest BCUT2D eigenvalue weighted by molar-refractivity contribution is 6.05. The fraction of sp³-hybridized carbons (Fsp3) is 0.292. The van der Waals surface area contributed by atoms with Crippen LogP contribution in [0.15, 0.2) is 85.2 Å². The van der Waals surface area contributed by atoms with Crippen molar-refractivity contribution in [1.29, 1.82) is 0 Å². The normalized spacial score (nSPS) is 14.3. The number of hydrogen-bond donors (Lipinski definition) is 2. The molecule has 2 aromatic heterocycles. The Morgan fingerprint density at radius 2 is 1.03 bits per heavy atom. The number of carbonyl (C=O) groups is 4. The number of methoxy groups -OCH3 is 2. The van der Waals surface area contributed by atoms with Crippen LogP contribution in [0.25, 0.3) is 0 Å². The molecule has 4 amide bonds. The van der Waals surface area contributed by atoms with Gasteiger partial charge in [0.25, 0.3) is 23.6 Å². The van der Waals surface area contributed by atoms with Crippen LogP contribution in [-0.4, -0.2) is 121 Å². The molecule has 0 fully saturated rings. The highest BCUT2D eigenvalue weighted by Gasteiger charge is 2.31. The molecule has 2 aliphatic heterocycles. The standard InChI is InChI=1S/2C24H25FN4O5/c2*1-28(2)24(31)17-6-5-15(12-19(17)25)33-20-9-14(23(30)26-22-7-8-29(3)27-22)10-21-18(20)11-16(34-21)13-32-4/h2*5-10,12,16H,11,13H2,1-4H3,(H,26,27,30). The van der Waals surface area contributed by atoms with Gasteiger partial charge >= 0.3 is 0 Å². The first kappa shape index (κ1) is 48.1. The molecule has 4 heterocycles. The molecular formula is C48H50F2N8O10. The molecule has 20 heteroatoms. The third kappa shape index (κ3) is 11.2. The first-order chi connectivity index (χ1) is 32.5. The Hall–Kier alpha value is -7.84. The van der Waals surface area contributed by atoms with E-state index in [-0.39, 0.29) is 46.0 Å². The Morgan fingerprint density at radius 3 is 1.35 bits per heavy atom. The number of rotatable bonds is 14. The second kappa shape index (κ2) is 20.8. The van der Waals surface area contributed by atoms with Crippen molar-refractivity contribution in [2.75, 3.05) is 66.3 Å². The van der Waals surface area contributed by atoms with Gasteiger partial charge in [0.1, 0.15) is 58.3 Å². The summed E-state index contributed by atoms with van der Waals surface area (Å²) in [5.41, 5.74) is 1.94. The lowest BCUT2D eigenvalue weighted by Gasteiger charge is -2.14. The lowest BCUT2D eigenvalue weighted by Crippen LogP contribution is -2.22. The van der Waals surface area contributed by atoms with E-state index in [1.54, 1.807) is 115 Å². The van der Waals surface area contributed by atoms with Crippen LogP contribution in [0.2, 0.25) is 0 Å². The molecule has 0 aliphatic carbocycles. The predicted octanol–water partition coefficient (Wildman–Crippen LogP) is 6.51. The predicted molar refractivity (Wildman–Crippen MR) is 244 cm³/mol. The number of fused-ring (bicyclic) bond motifs is 2. The van der Waals surface area contributed by atoms with Gasteiger partial charge in [0, 0.05) is 128 Å². The topological polar surface area (TPSA) is 190 Å². The van der Waals surface area contributed by atoms with Gasteiger partial charge in [-0.2, -0.15) is 10.2 Å². The molecule has 0 bridgehead atoms. The van der Waals surface area contributed by atoms with Crippen LogP contribution in [0.5, 0.6) is 34.5 Å². The van der Waals surface area contributed by atoms with E-state index in [1.165, 1.54) is 34.1 Å². The molecule has 6 aromatic rings. The average Bonchev–Trinajstić information content (AvgIpc) is 4.10. The number of ether oxygens (including phenoxy) is 6. The maximum absolute atomic E-state index is 14.6. The maximum atomic E-state index is 14.6. The second-order valence-corrected chi connectivity index (χ2v) is 16.2. The molecule has 4 aromatic carbocycles. The average molecular weight is 937 g/mol. The third-order valence-corrected chi connectivity index (χ3v) is 10.5. The lowest BCUT2D eigenvalue weighted by atomic mass is 10.1. The Labute approximate surface area is 390 Å². The van der Waals surface area contributed by atoms with Crippen molar-refractivity contribution in [3.8, 4) is 34.5 Å². The van der Waals surface area contributed by atoms with Crippen molar-refractivity contribution in [2.45, 2.75) is 25.0 Å². The maximum Gasteiger partial charge on any atom is 0.257 e. The Kier molecular flexibility index (Phi) is 14.7. The van der Waals surface area contributed by atoms with Crippen LogP contribution < -0.4 is 29.6 Å². The summed E-state index contributed by atoms with van der Waals surface area (Å²) >= 11 is 0. The van der Waals surface area contributed by atoms with Gasteiger partial charge in [0.2, 0.25) is 0 Å². The molecule has 0 saturated carbocycles. The number of halogens is 2. The monoisotopic (exact) mass is 936 g/mol. The second-order valence-electron chi connectivity index (χ2n) is 16.2. The van der Waals surface area contributed by atoms with Crippen LogP contribution in [0.1, 0.15) is 52.6 Å². The van der Waals surface area contributed by atoms with Crippen molar-refractivity contribution in [2.24, 2.45) is 14.1 Å². The van der Waals surface area contributed by atoms with Crippen LogP contribution in [0.3, 0.4) is 0 Å². The van der Waals surface area contributed by atoms with Crippen LogP contribution in [0, 0.1) is 11.6 Å². The summed E-state index contributed by atoms with van der Waals surface area (Å²) in [5, 5.41) is 13.8. The van der Waals surface area contributed by atoms with Gasteiger partial charge in [0.15, 0.2) is 11.6 Å². The van der Waals surface area contributed by atoms with Gasteiger partial charge in [-0.05, 0) is 48.5 Å². The third-order valence-electron chi connectivity index (χ3n) is 10.5. The van der Waals surface area contributed by atoms with Crippen LogP contribution in [0.4, 0.5) is 20.4 Å². The van der Waals surface area contributed by atoms with E-state index in [1.807, 2.05) is 0 Å². The van der Waals surface area contributed by atoms with Gasteiger partial charge in [-0.1, -0.05) is 0 Å². The Bertz CT molecular complexity index is 2670. The van der Waals surface area contributed by atoms with Crippen LogP contribution in [-0.2, 0) is 36.4 Å². The van der Waals surface area contributed by atoms with Gasteiger partial charge in [-0.3, -0.25) is 28.5 Å². The number of amides is 4. The molecule has 8 rings (SSSR count). The number of hydrogen-bond acceptors (Lipinski definition) is 12. The summed E-state index contributed by atoms with van der Waals surface area (Å²) in [4.78, 5) is 52.6. The molecule has 0 saturated heterocycles. The van der Waals surface area contributed by atoms with E-state index < -0.39 is 35.3 Å². The van der Waals surface area contributed by atoms with Crippen molar-refractivity contribution in [3.05, 3.63) is 130 Å². The summed E-state index contributed by atoms with van der Waals surface area (Å²) < 4.78 is 66.6. The molecule has 2 N–H and O–H groups in total. The number of benzene rings is 4. The van der Waals surface area contributed by atoms with Gasteiger partial charge in [0.05, 0.1) is 24.3 Å². The number of aromatic nitrogens is 4. The summed E-state index contributed by atoms with van der Waals surface area (Å²) in [6.45, 7) is 0.721. The number of anilines is 2. The van der Waals surface area contributed by atoms with Crippen molar-refractivity contribution >= 4 is 35.3 Å². The molecule has 18 nitrogen and oxygen atoms in total. The van der Waals surface area contributed by atoms with Crippen molar-refractivity contribution < 1.29 is 56.4 Å². The minimum Gasteiger partial charge on any atom is -0.487 e. The summed E-state index contributed by atoms with van der Waals surface area (Å²) in [6, 6.07) is 17.8. The molecule has 0 radical (unpaired) electrons. The van der Waals surface area contributed by atoms with E-state index in [2.05, 4.69) is 20.8 Å². The summed E-state index contributed by atoms with van der Waals surface area (Å²) in [7, 11) is 12.8. The number of aryl methyl sites for hydroxylation is 2. The van der Waals surface area contributed by atoms with E-state index in [9.17, 15) is 28.0 Å². The Balaban J connectivity index is 0.000000201. The first-order valence-electron chi connectivity index (χ1n) is 21.1. The molecule has 68 heavy (non-hydrogen) atoms. The largest absolute Gasteiger partial charge is 0.487 e. The molecule has 2 unspecified atom stereocenters. The highest BCUT2D eigenvalue weighted by atomic mass is 19.1. The van der Waals surface area contributed by atoms with Crippen LogP contribution >= 0.6 is 0 Å². The Morgan fingerprint density at radius 1 is 0.632 bits per heavy atom. The van der Waals surface area contributed by atoms with Gasteiger partial charge in [-0.25, -0.2) is 8.78 Å². The number of nitrogens with one attached hydrogen (secondary N) is 2. The van der Waals surface area contributed by atoms with E-state index in [4.69, 9.17) is 28.4 Å². The van der Waals surface area contributed by atoms with Crippen molar-refractivity contribution in [3.63, 3.8) is 0 Å². The van der Waals surface area contributed by atoms with Gasteiger partial charge < -0.3 is 48.9 Å². The zero-order valence-electron chi connectivity index (χ0n) is 38.6. The quantitative estimate of drug-likeness (QED) is 0.121. The van der Waals surface area contributed by atoms with E-state index in [0.717, 1.165) is 23.3 Å². The molecule has 0 spiro atoms. The molecule has 2 atom stereocenters. The van der Waals surface area contributed by atoms with Gasteiger partial charge in [-0.15, -0.1) is 0 Å². The fourth-order valence-electron chi connectivity index (χ4n) is 7.29. The van der Waals surface area contributed by atoms with Crippen molar-refractivity contribution in [1.82, 2.24) is 29.4 Å². The summed E-state index contributed by atoms with van der Waals surface area (Å²) in [6.07, 6.45) is 3.94. The zero-order chi connectivity index (χ0) is 48.8. The smallest absolute Gasteiger partial charge is 0.257 e. The zero-order valence-corrected chi connectivity index (χ0v) is 38.6. The molecule has 356 valence electrons.